The molecule has 2 fully saturated rings. The second-order valence-electron chi connectivity index (χ2n) is 7.19. The lowest BCUT2D eigenvalue weighted by Gasteiger charge is -2.36. The van der Waals surface area contributed by atoms with E-state index in [0.717, 1.165) is 37.3 Å². The minimum absolute atomic E-state index is 0.0344. The predicted molar refractivity (Wildman–Crippen MR) is 102 cm³/mol. The third-order valence-electron chi connectivity index (χ3n) is 5.35. The van der Waals surface area contributed by atoms with Gasteiger partial charge >= 0.3 is 0 Å². The van der Waals surface area contributed by atoms with E-state index in [9.17, 15) is 4.79 Å². The van der Waals surface area contributed by atoms with E-state index in [4.69, 9.17) is 0 Å². The summed E-state index contributed by atoms with van der Waals surface area (Å²) < 4.78 is 0. The molecule has 0 saturated carbocycles. The van der Waals surface area contributed by atoms with E-state index < -0.39 is 0 Å². The Morgan fingerprint density at radius 2 is 2.04 bits per heavy atom. The molecule has 1 N–H and O–H groups in total. The van der Waals surface area contributed by atoms with Crippen molar-refractivity contribution in [2.24, 2.45) is 0 Å². The number of aromatic nitrogens is 1. The van der Waals surface area contributed by atoms with Crippen molar-refractivity contribution in [2.45, 2.75) is 25.4 Å². The zero-order valence-electron chi connectivity index (χ0n) is 15.1. The maximum absolute atomic E-state index is 13.2. The summed E-state index contributed by atoms with van der Waals surface area (Å²) in [6.45, 7) is 5.59. The van der Waals surface area contributed by atoms with Crippen LogP contribution in [0.25, 0.3) is 0 Å². The van der Waals surface area contributed by atoms with Crippen LogP contribution in [0.2, 0.25) is 0 Å². The fraction of sp³-hybridized carbons (Fsp3) is 0.429. The van der Waals surface area contributed by atoms with Crippen LogP contribution in [0.3, 0.4) is 0 Å². The van der Waals surface area contributed by atoms with Gasteiger partial charge in [-0.15, -0.1) is 0 Å². The van der Waals surface area contributed by atoms with Gasteiger partial charge in [-0.05, 0) is 55.3 Å². The summed E-state index contributed by atoms with van der Waals surface area (Å²) in [5.41, 5.74) is 3.10. The maximum atomic E-state index is 13.2. The Morgan fingerprint density at radius 1 is 1.15 bits per heavy atom. The summed E-state index contributed by atoms with van der Waals surface area (Å²) in [6, 6.07) is 12.2. The first-order valence-corrected chi connectivity index (χ1v) is 9.54. The Morgan fingerprint density at radius 3 is 2.85 bits per heavy atom. The molecule has 2 aliphatic rings. The average molecular weight is 350 g/mol. The fourth-order valence-corrected chi connectivity index (χ4v) is 3.99. The summed E-state index contributed by atoms with van der Waals surface area (Å²) in [6.07, 6.45) is 6.20. The summed E-state index contributed by atoms with van der Waals surface area (Å²) in [5, 5.41) is 3.40. The Labute approximate surface area is 155 Å². The van der Waals surface area contributed by atoms with Crippen LogP contribution in [0.1, 0.15) is 40.4 Å². The molecule has 4 rings (SSSR count). The van der Waals surface area contributed by atoms with Gasteiger partial charge in [0.25, 0.3) is 5.91 Å². The van der Waals surface area contributed by atoms with Gasteiger partial charge in [0.15, 0.2) is 0 Å². The minimum Gasteiger partial charge on any atom is -0.329 e. The van der Waals surface area contributed by atoms with Gasteiger partial charge in [0.05, 0.1) is 6.04 Å². The molecule has 5 nitrogen and oxygen atoms in total. The summed E-state index contributed by atoms with van der Waals surface area (Å²) >= 11 is 0. The highest BCUT2D eigenvalue weighted by Crippen LogP contribution is 2.24. The van der Waals surface area contributed by atoms with Crippen LogP contribution >= 0.6 is 0 Å². The van der Waals surface area contributed by atoms with Crippen LogP contribution in [0.5, 0.6) is 0 Å². The number of piperazine rings is 1. The number of nitrogens with zero attached hydrogens (tertiary/aromatic N) is 3. The molecule has 1 amide bonds. The lowest BCUT2D eigenvalue weighted by molar-refractivity contribution is 0.0634. The number of nitrogens with one attached hydrogen (secondary N) is 1. The first kappa shape index (κ1) is 17.2. The third kappa shape index (κ3) is 3.79. The average Bonchev–Trinajstić information content (AvgIpc) is 3.21. The Balaban J connectivity index is 1.53. The Bertz CT molecular complexity index is 743. The lowest BCUT2D eigenvalue weighted by atomic mass is 10.0. The molecule has 1 aromatic carbocycles. The van der Waals surface area contributed by atoms with E-state index in [-0.39, 0.29) is 11.9 Å². The van der Waals surface area contributed by atoms with Gasteiger partial charge in [-0.2, -0.15) is 0 Å². The number of carbonyl (C=O) groups excluding carboxylic acids is 1. The van der Waals surface area contributed by atoms with Gasteiger partial charge < -0.3 is 10.2 Å². The van der Waals surface area contributed by atoms with Crippen molar-refractivity contribution < 1.29 is 4.79 Å². The van der Waals surface area contributed by atoms with E-state index in [1.807, 2.05) is 29.3 Å². The van der Waals surface area contributed by atoms with Crippen molar-refractivity contribution in [3.8, 4) is 0 Å². The molecule has 0 aliphatic carbocycles. The number of pyridine rings is 1. The predicted octanol–water partition coefficient (Wildman–Crippen LogP) is 2.46. The zero-order chi connectivity index (χ0) is 17.8. The number of likely N-dealkylation sites (tertiary alicyclic amines) is 1. The van der Waals surface area contributed by atoms with Crippen molar-refractivity contribution >= 4 is 5.91 Å². The highest BCUT2D eigenvalue weighted by atomic mass is 16.2. The highest BCUT2D eigenvalue weighted by molar-refractivity contribution is 5.94. The molecular weight excluding hydrogens is 324 g/mol. The van der Waals surface area contributed by atoms with Crippen LogP contribution in [0.15, 0.2) is 48.8 Å². The molecule has 0 spiro atoms. The second kappa shape index (κ2) is 7.98. The van der Waals surface area contributed by atoms with E-state index in [2.05, 4.69) is 33.4 Å². The van der Waals surface area contributed by atoms with Gasteiger partial charge in [0.2, 0.25) is 0 Å². The van der Waals surface area contributed by atoms with Crippen LogP contribution < -0.4 is 5.32 Å². The number of amides is 1. The molecule has 2 saturated heterocycles. The lowest BCUT2D eigenvalue weighted by Crippen LogP contribution is -2.48. The van der Waals surface area contributed by atoms with Crippen LogP contribution in [-0.4, -0.2) is 53.4 Å². The number of rotatable bonds is 4. The van der Waals surface area contributed by atoms with E-state index >= 15 is 0 Å². The smallest absolute Gasteiger partial charge is 0.254 e. The topological polar surface area (TPSA) is 48.5 Å². The zero-order valence-corrected chi connectivity index (χ0v) is 15.1. The number of hydrogen-bond acceptors (Lipinski definition) is 4. The molecule has 5 heteroatoms. The van der Waals surface area contributed by atoms with Crippen molar-refractivity contribution in [3.05, 3.63) is 65.5 Å². The van der Waals surface area contributed by atoms with Crippen molar-refractivity contribution in [1.29, 1.82) is 0 Å². The van der Waals surface area contributed by atoms with Gasteiger partial charge in [0, 0.05) is 44.1 Å². The van der Waals surface area contributed by atoms with E-state index in [0.29, 0.717) is 0 Å². The minimum atomic E-state index is 0.0344. The number of hydrogen-bond donors (Lipinski definition) is 1. The summed E-state index contributed by atoms with van der Waals surface area (Å²) in [5.74, 6) is 0.114. The normalized spacial score (nSPS) is 21.1. The molecule has 0 radical (unpaired) electrons. The third-order valence-corrected chi connectivity index (χ3v) is 5.35. The number of carbonyl (C=O) groups is 1. The fourth-order valence-electron chi connectivity index (χ4n) is 3.99. The Hall–Kier alpha value is -2.24. The van der Waals surface area contributed by atoms with E-state index in [1.54, 1.807) is 6.20 Å². The van der Waals surface area contributed by atoms with Gasteiger partial charge in [-0.25, -0.2) is 0 Å². The summed E-state index contributed by atoms with van der Waals surface area (Å²) in [7, 11) is 0. The maximum Gasteiger partial charge on any atom is 0.254 e. The van der Waals surface area contributed by atoms with Crippen LogP contribution in [0.4, 0.5) is 0 Å². The molecule has 1 unspecified atom stereocenters. The van der Waals surface area contributed by atoms with Gasteiger partial charge in [-0.1, -0.05) is 18.2 Å². The van der Waals surface area contributed by atoms with Gasteiger partial charge in [0.1, 0.15) is 0 Å². The molecule has 1 atom stereocenters. The molecule has 0 bridgehead atoms. The molecule has 136 valence electrons. The first-order chi connectivity index (χ1) is 12.8. The monoisotopic (exact) mass is 350 g/mol. The second-order valence-corrected chi connectivity index (χ2v) is 7.19. The van der Waals surface area contributed by atoms with E-state index in [1.165, 1.54) is 31.5 Å². The molecular formula is C21H26N4O. The molecule has 2 aliphatic heterocycles. The van der Waals surface area contributed by atoms with Crippen LogP contribution in [-0.2, 0) is 6.54 Å². The molecule has 1 aromatic heterocycles. The standard InChI is InChI=1S/C21H26N4O/c26-21(18-6-3-5-17(13-18)16-24-10-1-2-11-24)25-12-9-23-15-20(25)19-7-4-8-22-14-19/h3-8,13-14,20,23H,1-2,9-12,15-16H2. The summed E-state index contributed by atoms with van der Waals surface area (Å²) in [4.78, 5) is 21.9. The molecule has 3 heterocycles. The largest absolute Gasteiger partial charge is 0.329 e. The number of benzene rings is 1. The highest BCUT2D eigenvalue weighted by Gasteiger charge is 2.28. The van der Waals surface area contributed by atoms with Crippen molar-refractivity contribution in [2.75, 3.05) is 32.7 Å². The van der Waals surface area contributed by atoms with Crippen molar-refractivity contribution in [3.63, 3.8) is 0 Å². The first-order valence-electron chi connectivity index (χ1n) is 9.54. The molecule has 2 aromatic rings. The van der Waals surface area contributed by atoms with Gasteiger partial charge in [-0.3, -0.25) is 14.7 Å². The SMILES string of the molecule is O=C(c1cccc(CN2CCCC2)c1)N1CCNCC1c1cccnc1. The quantitative estimate of drug-likeness (QED) is 0.920. The van der Waals surface area contributed by atoms with Crippen LogP contribution in [0, 0.1) is 0 Å². The molecule has 26 heavy (non-hydrogen) atoms. The Kier molecular flexibility index (Phi) is 5.27. The van der Waals surface area contributed by atoms with Crippen molar-refractivity contribution in [1.82, 2.24) is 20.1 Å².